The van der Waals surface area contributed by atoms with Crippen LogP contribution in [0.15, 0.2) is 36.8 Å². The van der Waals surface area contributed by atoms with Gasteiger partial charge in [-0.25, -0.2) is 14.6 Å². The van der Waals surface area contributed by atoms with Crippen molar-refractivity contribution in [2.45, 2.75) is 26.6 Å². The van der Waals surface area contributed by atoms with E-state index < -0.39 is 12.7 Å². The normalized spacial score (nSPS) is 12.2. The van der Waals surface area contributed by atoms with Crippen molar-refractivity contribution in [3.63, 3.8) is 0 Å². The van der Waals surface area contributed by atoms with E-state index in [4.69, 9.17) is 16.3 Å². The molecule has 1 aromatic carbocycles. The van der Waals surface area contributed by atoms with Gasteiger partial charge in [0.05, 0.1) is 16.9 Å². The second kappa shape index (κ2) is 7.61. The fraction of sp³-hybridized carbons (Fsp3) is 0.250. The molecular weight excluding hydrogens is 368 g/mol. The van der Waals surface area contributed by atoms with Gasteiger partial charge >= 0.3 is 12.6 Å². The fourth-order valence-electron chi connectivity index (χ4n) is 2.07. The largest absolute Gasteiger partial charge is 0.454 e. The first-order valence-electron chi connectivity index (χ1n) is 7.54. The molecule has 0 spiro atoms. The molecule has 0 saturated heterocycles. The molecular formula is C16H14ClF2N5O2. The number of alkyl halides is 2. The van der Waals surface area contributed by atoms with Crippen LogP contribution in [-0.2, 0) is 0 Å². The SMILES string of the molecule is Cc1cnc(O[C@H](C)c2cn(-c3ccc(Cl)c(OC(F)F)c3)nn2)nc1. The van der Waals surface area contributed by atoms with E-state index >= 15 is 0 Å². The zero-order valence-electron chi connectivity index (χ0n) is 13.8. The second-order valence-corrected chi connectivity index (χ2v) is 5.79. The predicted molar refractivity (Wildman–Crippen MR) is 88.8 cm³/mol. The molecule has 2 heterocycles. The third kappa shape index (κ3) is 4.23. The maximum Gasteiger partial charge on any atom is 0.387 e. The van der Waals surface area contributed by atoms with E-state index in [2.05, 4.69) is 25.0 Å². The van der Waals surface area contributed by atoms with Crippen molar-refractivity contribution in [3.8, 4) is 17.4 Å². The molecule has 26 heavy (non-hydrogen) atoms. The first-order valence-corrected chi connectivity index (χ1v) is 7.92. The molecule has 0 N–H and O–H groups in total. The minimum absolute atomic E-state index is 0.0719. The van der Waals surface area contributed by atoms with Crippen LogP contribution < -0.4 is 9.47 Å². The van der Waals surface area contributed by atoms with Gasteiger partial charge in [0.1, 0.15) is 17.5 Å². The van der Waals surface area contributed by atoms with Gasteiger partial charge in [-0.15, -0.1) is 5.10 Å². The number of benzene rings is 1. The van der Waals surface area contributed by atoms with Gasteiger partial charge in [-0.05, 0) is 31.5 Å². The maximum atomic E-state index is 12.4. The molecule has 0 saturated carbocycles. The summed E-state index contributed by atoms with van der Waals surface area (Å²) < 4.78 is 36.3. The molecule has 0 aliphatic rings. The number of ether oxygens (including phenoxy) is 2. The molecule has 7 nitrogen and oxygen atoms in total. The standard InChI is InChI=1S/C16H14ClF2N5O2/c1-9-6-20-16(21-7-9)25-10(2)13-8-24(23-22-13)11-3-4-12(17)14(5-11)26-15(18)19/h3-8,10,15H,1-2H3/t10-/m1/s1. The first kappa shape index (κ1) is 18.0. The Kier molecular flexibility index (Phi) is 5.27. The van der Waals surface area contributed by atoms with Crippen molar-refractivity contribution in [1.29, 1.82) is 0 Å². The number of rotatable bonds is 6. The highest BCUT2D eigenvalue weighted by molar-refractivity contribution is 6.32. The monoisotopic (exact) mass is 381 g/mol. The van der Waals surface area contributed by atoms with Gasteiger partial charge in [0.15, 0.2) is 0 Å². The first-order chi connectivity index (χ1) is 12.4. The van der Waals surface area contributed by atoms with Crippen molar-refractivity contribution in [2.24, 2.45) is 0 Å². The molecule has 10 heteroatoms. The van der Waals surface area contributed by atoms with E-state index in [9.17, 15) is 8.78 Å². The Morgan fingerprint density at radius 1 is 1.15 bits per heavy atom. The average Bonchev–Trinajstić information content (AvgIpc) is 3.09. The quantitative estimate of drug-likeness (QED) is 0.647. The zero-order chi connectivity index (χ0) is 18.7. The van der Waals surface area contributed by atoms with Crippen LogP contribution in [0.25, 0.3) is 5.69 Å². The lowest BCUT2D eigenvalue weighted by Crippen LogP contribution is -2.06. The highest BCUT2D eigenvalue weighted by Gasteiger charge is 2.15. The van der Waals surface area contributed by atoms with E-state index in [1.54, 1.807) is 31.6 Å². The summed E-state index contributed by atoms with van der Waals surface area (Å²) in [7, 11) is 0. The molecule has 3 rings (SSSR count). The number of aromatic nitrogens is 5. The lowest BCUT2D eigenvalue weighted by molar-refractivity contribution is -0.0497. The van der Waals surface area contributed by atoms with Crippen LogP contribution in [-0.4, -0.2) is 31.6 Å². The Morgan fingerprint density at radius 3 is 2.58 bits per heavy atom. The van der Waals surface area contributed by atoms with Gasteiger partial charge in [-0.3, -0.25) is 0 Å². The summed E-state index contributed by atoms with van der Waals surface area (Å²) in [5.41, 5.74) is 1.89. The highest BCUT2D eigenvalue weighted by Crippen LogP contribution is 2.28. The van der Waals surface area contributed by atoms with E-state index in [-0.39, 0.29) is 16.8 Å². The van der Waals surface area contributed by atoms with Crippen LogP contribution in [0.5, 0.6) is 11.8 Å². The molecule has 1 atom stereocenters. The summed E-state index contributed by atoms with van der Waals surface area (Å²) in [5, 5.41) is 8.07. The topological polar surface area (TPSA) is 75.0 Å². The molecule has 0 radical (unpaired) electrons. The fourth-order valence-corrected chi connectivity index (χ4v) is 2.23. The van der Waals surface area contributed by atoms with Crippen LogP contribution in [0.3, 0.4) is 0 Å². The Bertz CT molecular complexity index is 889. The highest BCUT2D eigenvalue weighted by atomic mass is 35.5. The number of halogens is 3. The number of nitrogens with zero attached hydrogens (tertiary/aromatic N) is 5. The third-order valence-electron chi connectivity index (χ3n) is 3.36. The summed E-state index contributed by atoms with van der Waals surface area (Å²) in [5.74, 6) is -0.145. The molecule has 0 fully saturated rings. The van der Waals surface area contributed by atoms with Crippen molar-refractivity contribution >= 4 is 11.6 Å². The van der Waals surface area contributed by atoms with Gasteiger partial charge in [0.2, 0.25) is 0 Å². The Hall–Kier alpha value is -2.81. The van der Waals surface area contributed by atoms with Gasteiger partial charge in [-0.2, -0.15) is 8.78 Å². The van der Waals surface area contributed by atoms with Crippen LogP contribution in [0.2, 0.25) is 5.02 Å². The number of hydrogen-bond donors (Lipinski definition) is 0. The molecule has 3 aromatic rings. The van der Waals surface area contributed by atoms with Gasteiger partial charge in [0.25, 0.3) is 0 Å². The summed E-state index contributed by atoms with van der Waals surface area (Å²) in [6.45, 7) is 0.666. The molecule has 0 unspecified atom stereocenters. The zero-order valence-corrected chi connectivity index (χ0v) is 14.6. The van der Waals surface area contributed by atoms with E-state index in [1.807, 2.05) is 6.92 Å². The van der Waals surface area contributed by atoms with Crippen LogP contribution in [0.1, 0.15) is 24.3 Å². The van der Waals surface area contributed by atoms with Gasteiger partial charge in [-0.1, -0.05) is 16.8 Å². The predicted octanol–water partition coefficient (Wildman–Crippen LogP) is 3.76. The molecule has 136 valence electrons. The average molecular weight is 382 g/mol. The summed E-state index contributed by atoms with van der Waals surface area (Å²) in [4.78, 5) is 8.13. The maximum absolute atomic E-state index is 12.4. The Labute approximate surface area is 152 Å². The molecule has 0 bridgehead atoms. The molecule has 0 aliphatic heterocycles. The summed E-state index contributed by atoms with van der Waals surface area (Å²) >= 11 is 5.85. The summed E-state index contributed by atoms with van der Waals surface area (Å²) in [6, 6.07) is 4.61. The minimum Gasteiger partial charge on any atom is -0.454 e. The Morgan fingerprint density at radius 2 is 1.88 bits per heavy atom. The number of aryl methyl sites for hydroxylation is 1. The second-order valence-electron chi connectivity index (χ2n) is 5.38. The van der Waals surface area contributed by atoms with E-state index in [1.165, 1.54) is 16.8 Å². The van der Waals surface area contributed by atoms with Crippen molar-refractivity contribution in [1.82, 2.24) is 25.0 Å². The van der Waals surface area contributed by atoms with Gasteiger partial charge in [0, 0.05) is 18.5 Å². The number of hydrogen-bond acceptors (Lipinski definition) is 6. The Balaban J connectivity index is 1.77. The molecule has 2 aromatic heterocycles. The third-order valence-corrected chi connectivity index (χ3v) is 3.67. The smallest absolute Gasteiger partial charge is 0.387 e. The van der Waals surface area contributed by atoms with E-state index in [0.717, 1.165) is 5.56 Å². The van der Waals surface area contributed by atoms with E-state index in [0.29, 0.717) is 11.4 Å². The molecule has 0 aliphatic carbocycles. The summed E-state index contributed by atoms with van der Waals surface area (Å²) in [6.07, 6.45) is 4.43. The van der Waals surface area contributed by atoms with Crippen molar-refractivity contribution in [2.75, 3.05) is 0 Å². The van der Waals surface area contributed by atoms with Crippen LogP contribution in [0.4, 0.5) is 8.78 Å². The molecule has 0 amide bonds. The van der Waals surface area contributed by atoms with Crippen LogP contribution in [0, 0.1) is 6.92 Å². The lowest BCUT2D eigenvalue weighted by atomic mass is 10.3. The van der Waals surface area contributed by atoms with Crippen molar-refractivity contribution in [3.05, 3.63) is 53.1 Å². The van der Waals surface area contributed by atoms with Crippen LogP contribution >= 0.6 is 11.6 Å². The minimum atomic E-state index is -2.98. The van der Waals surface area contributed by atoms with Gasteiger partial charge < -0.3 is 9.47 Å². The van der Waals surface area contributed by atoms with Crippen molar-refractivity contribution < 1.29 is 18.3 Å². The lowest BCUT2D eigenvalue weighted by Gasteiger charge is -2.10.